The van der Waals surface area contributed by atoms with E-state index in [0.717, 1.165) is 4.60 Å². The zero-order valence-electron chi connectivity index (χ0n) is 6.00. The van der Waals surface area contributed by atoms with Crippen molar-refractivity contribution in [2.75, 3.05) is 5.73 Å². The van der Waals surface area contributed by atoms with Gasteiger partial charge in [0.25, 0.3) is 0 Å². The molecule has 0 aliphatic heterocycles. The minimum atomic E-state index is 0.369. The third-order valence-electron chi connectivity index (χ3n) is 1.24. The highest BCUT2D eigenvalue weighted by molar-refractivity contribution is 9.10. The van der Waals surface area contributed by atoms with Crippen molar-refractivity contribution in [2.45, 2.75) is 19.9 Å². The lowest BCUT2D eigenvalue weighted by atomic mass is 10.4. The van der Waals surface area contributed by atoms with Crippen LogP contribution in [0.1, 0.15) is 19.9 Å². The molecule has 0 aliphatic rings. The molecule has 0 saturated heterocycles. The fraction of sp³-hybridized carbons (Fsp3) is 0.500. The van der Waals surface area contributed by atoms with Gasteiger partial charge in [-0.15, -0.1) is 0 Å². The smallest absolute Gasteiger partial charge is 0.151 e. The number of nitrogens with zero attached hydrogens (tertiary/aromatic N) is 2. The predicted molar refractivity (Wildman–Crippen MR) is 44.7 cm³/mol. The van der Waals surface area contributed by atoms with Gasteiger partial charge < -0.3 is 5.73 Å². The largest absolute Gasteiger partial charge is 0.395 e. The molecule has 1 rings (SSSR count). The van der Waals surface area contributed by atoms with Gasteiger partial charge in [-0.1, -0.05) is 0 Å². The summed E-state index contributed by atoms with van der Waals surface area (Å²) in [5.41, 5.74) is 6.24. The molecule has 0 amide bonds. The normalized spacial score (nSPS) is 10.8. The Labute approximate surface area is 68.3 Å². The molecule has 0 saturated carbocycles. The predicted octanol–water partition coefficient (Wildman–Crippen LogP) is 1.81. The Morgan fingerprint density at radius 1 is 1.70 bits per heavy atom. The Morgan fingerprint density at radius 3 is 2.50 bits per heavy atom. The number of rotatable bonds is 1. The van der Waals surface area contributed by atoms with Crippen LogP contribution < -0.4 is 5.73 Å². The van der Waals surface area contributed by atoms with Crippen molar-refractivity contribution in [3.05, 3.63) is 10.8 Å². The Kier molecular flexibility index (Phi) is 1.99. The Morgan fingerprint density at radius 2 is 2.30 bits per heavy atom. The average Bonchev–Trinajstić information content (AvgIpc) is 2.13. The van der Waals surface area contributed by atoms with E-state index in [-0.39, 0.29) is 0 Å². The lowest BCUT2D eigenvalue weighted by Crippen LogP contribution is -2.00. The maximum atomic E-state index is 5.55. The summed E-state index contributed by atoms with van der Waals surface area (Å²) in [6.07, 6.45) is 1.81. The molecule has 1 aromatic rings. The second kappa shape index (κ2) is 2.62. The lowest BCUT2D eigenvalue weighted by molar-refractivity contribution is 0.530. The van der Waals surface area contributed by atoms with Gasteiger partial charge in [0, 0.05) is 12.2 Å². The minimum absolute atomic E-state index is 0.369. The molecule has 0 aliphatic carbocycles. The van der Waals surface area contributed by atoms with Crippen molar-refractivity contribution >= 4 is 21.6 Å². The first kappa shape index (κ1) is 7.60. The molecule has 0 spiro atoms. The molecule has 1 heterocycles. The molecule has 0 atom stereocenters. The number of hydrogen-bond donors (Lipinski definition) is 1. The lowest BCUT2D eigenvalue weighted by Gasteiger charge is -2.02. The summed E-state index contributed by atoms with van der Waals surface area (Å²) in [6, 6.07) is 0.369. The van der Waals surface area contributed by atoms with Gasteiger partial charge >= 0.3 is 0 Å². The van der Waals surface area contributed by atoms with E-state index in [0.29, 0.717) is 11.7 Å². The monoisotopic (exact) mass is 203 g/mol. The fourth-order valence-electron chi connectivity index (χ4n) is 0.648. The van der Waals surface area contributed by atoms with E-state index in [4.69, 9.17) is 5.73 Å². The third-order valence-corrected chi connectivity index (χ3v) is 1.86. The van der Waals surface area contributed by atoms with Crippen LogP contribution in [0, 0.1) is 0 Å². The van der Waals surface area contributed by atoms with E-state index in [1.807, 2.05) is 10.9 Å². The standard InChI is InChI=1S/C6H10BrN3/c1-4(2)10-3-5(8)6(7)9-10/h3-4H,8H2,1-2H3. The molecular weight excluding hydrogens is 194 g/mol. The quantitative estimate of drug-likeness (QED) is 0.757. The van der Waals surface area contributed by atoms with Crippen molar-refractivity contribution in [3.63, 3.8) is 0 Å². The first-order valence-corrected chi connectivity index (χ1v) is 3.90. The Balaban J connectivity index is 2.98. The number of anilines is 1. The summed E-state index contributed by atoms with van der Waals surface area (Å²) in [6.45, 7) is 4.11. The van der Waals surface area contributed by atoms with Crippen LogP contribution >= 0.6 is 15.9 Å². The average molecular weight is 204 g/mol. The van der Waals surface area contributed by atoms with Crippen LogP contribution in [0.4, 0.5) is 5.69 Å². The van der Waals surface area contributed by atoms with Gasteiger partial charge in [-0.2, -0.15) is 5.10 Å². The Hall–Kier alpha value is -0.510. The number of nitrogen functional groups attached to an aromatic ring is 1. The number of hydrogen-bond acceptors (Lipinski definition) is 2. The van der Waals surface area contributed by atoms with Gasteiger partial charge in [-0.25, -0.2) is 0 Å². The van der Waals surface area contributed by atoms with Crippen LogP contribution in [0.5, 0.6) is 0 Å². The molecule has 10 heavy (non-hydrogen) atoms. The summed E-state index contributed by atoms with van der Waals surface area (Å²) >= 11 is 3.23. The highest BCUT2D eigenvalue weighted by Gasteiger charge is 2.03. The fourth-order valence-corrected chi connectivity index (χ4v) is 0.934. The van der Waals surface area contributed by atoms with E-state index in [1.54, 1.807) is 0 Å². The molecule has 3 nitrogen and oxygen atoms in total. The van der Waals surface area contributed by atoms with Gasteiger partial charge in [-0.3, -0.25) is 4.68 Å². The van der Waals surface area contributed by atoms with E-state index < -0.39 is 0 Å². The van der Waals surface area contributed by atoms with Crippen molar-refractivity contribution in [3.8, 4) is 0 Å². The van der Waals surface area contributed by atoms with Gasteiger partial charge in [0.05, 0.1) is 5.69 Å². The molecule has 0 radical (unpaired) electrons. The molecule has 0 aromatic carbocycles. The van der Waals surface area contributed by atoms with Crippen LogP contribution in [0.15, 0.2) is 10.8 Å². The first-order valence-electron chi connectivity index (χ1n) is 3.11. The van der Waals surface area contributed by atoms with Gasteiger partial charge in [0.2, 0.25) is 0 Å². The van der Waals surface area contributed by atoms with Crippen molar-refractivity contribution in [1.82, 2.24) is 9.78 Å². The van der Waals surface area contributed by atoms with Crippen LogP contribution in [0.3, 0.4) is 0 Å². The van der Waals surface area contributed by atoms with Gasteiger partial charge in [-0.05, 0) is 29.8 Å². The van der Waals surface area contributed by atoms with Gasteiger partial charge in [0.15, 0.2) is 4.60 Å². The summed E-state index contributed by atoms with van der Waals surface area (Å²) in [5, 5.41) is 4.12. The maximum absolute atomic E-state index is 5.55. The number of nitrogens with two attached hydrogens (primary N) is 1. The second-order valence-corrected chi connectivity index (χ2v) is 3.20. The zero-order valence-corrected chi connectivity index (χ0v) is 7.59. The topological polar surface area (TPSA) is 43.8 Å². The molecule has 0 fully saturated rings. The van der Waals surface area contributed by atoms with E-state index in [9.17, 15) is 0 Å². The molecule has 2 N–H and O–H groups in total. The number of aromatic nitrogens is 2. The van der Waals surface area contributed by atoms with E-state index in [2.05, 4.69) is 34.9 Å². The van der Waals surface area contributed by atoms with E-state index >= 15 is 0 Å². The molecule has 4 heteroatoms. The van der Waals surface area contributed by atoms with Crippen LogP contribution in [-0.2, 0) is 0 Å². The summed E-state index contributed by atoms with van der Waals surface area (Å²) in [5.74, 6) is 0. The van der Waals surface area contributed by atoms with E-state index in [1.165, 1.54) is 0 Å². The molecule has 0 unspecified atom stereocenters. The van der Waals surface area contributed by atoms with Crippen molar-refractivity contribution in [1.29, 1.82) is 0 Å². The third kappa shape index (κ3) is 1.31. The van der Waals surface area contributed by atoms with Crippen LogP contribution in [0.25, 0.3) is 0 Å². The van der Waals surface area contributed by atoms with Crippen LogP contribution in [0.2, 0.25) is 0 Å². The molecule has 0 bridgehead atoms. The second-order valence-electron chi connectivity index (χ2n) is 2.45. The van der Waals surface area contributed by atoms with Crippen molar-refractivity contribution in [2.24, 2.45) is 0 Å². The highest BCUT2D eigenvalue weighted by Crippen LogP contribution is 2.17. The Bertz CT molecular complexity index is 209. The molecule has 56 valence electrons. The summed E-state index contributed by atoms with van der Waals surface area (Å²) < 4.78 is 2.54. The zero-order chi connectivity index (χ0) is 7.72. The summed E-state index contributed by atoms with van der Waals surface area (Å²) in [4.78, 5) is 0. The number of halogens is 1. The highest BCUT2D eigenvalue weighted by atomic mass is 79.9. The molecule has 1 aromatic heterocycles. The molecular formula is C6H10BrN3. The maximum Gasteiger partial charge on any atom is 0.151 e. The minimum Gasteiger partial charge on any atom is -0.395 e. The van der Waals surface area contributed by atoms with Crippen LogP contribution in [-0.4, -0.2) is 9.78 Å². The van der Waals surface area contributed by atoms with Gasteiger partial charge in [0.1, 0.15) is 0 Å². The first-order chi connectivity index (χ1) is 4.61. The summed E-state index contributed by atoms with van der Waals surface area (Å²) in [7, 11) is 0. The van der Waals surface area contributed by atoms with Crippen molar-refractivity contribution < 1.29 is 0 Å². The SMILES string of the molecule is CC(C)n1cc(N)c(Br)n1.